The van der Waals surface area contributed by atoms with E-state index in [0.29, 0.717) is 5.88 Å². The zero-order chi connectivity index (χ0) is 12.8. The minimum atomic E-state index is 0.415. The molecule has 0 fully saturated rings. The van der Waals surface area contributed by atoms with E-state index in [1.165, 1.54) is 22.2 Å². The summed E-state index contributed by atoms with van der Waals surface area (Å²) in [6.45, 7) is 0.854. The van der Waals surface area contributed by atoms with Gasteiger partial charge in [0, 0.05) is 29.4 Å². The lowest BCUT2D eigenvalue weighted by molar-refractivity contribution is 0.420. The summed E-state index contributed by atoms with van der Waals surface area (Å²) in [5, 5.41) is 12.5. The second-order valence-electron chi connectivity index (χ2n) is 5.16. The van der Waals surface area contributed by atoms with Crippen molar-refractivity contribution in [3.63, 3.8) is 0 Å². The summed E-state index contributed by atoms with van der Waals surface area (Å²) in [4.78, 5) is 0. The van der Waals surface area contributed by atoms with Crippen LogP contribution in [0.4, 0.5) is 0 Å². The van der Waals surface area contributed by atoms with E-state index in [0.717, 1.165) is 24.8 Å². The lowest BCUT2D eigenvalue weighted by Crippen LogP contribution is -2.00. The average Bonchev–Trinajstić information content (AvgIpc) is 2.63. The van der Waals surface area contributed by atoms with Crippen LogP contribution in [0.25, 0.3) is 10.8 Å². The Morgan fingerprint density at radius 1 is 0.842 bits per heavy atom. The number of aromatic hydroxyl groups is 1. The van der Waals surface area contributed by atoms with E-state index in [-0.39, 0.29) is 0 Å². The highest BCUT2D eigenvalue weighted by Crippen LogP contribution is 2.35. The van der Waals surface area contributed by atoms with Crippen molar-refractivity contribution in [1.29, 1.82) is 0 Å². The second kappa shape index (κ2) is 3.89. The topological polar surface area (TPSA) is 25.2 Å². The first-order valence-corrected chi connectivity index (χ1v) is 6.70. The van der Waals surface area contributed by atoms with Crippen molar-refractivity contribution >= 4 is 10.8 Å². The summed E-state index contributed by atoms with van der Waals surface area (Å²) in [5.74, 6) is 0.415. The van der Waals surface area contributed by atoms with E-state index in [4.69, 9.17) is 0 Å². The molecule has 2 aromatic carbocycles. The van der Waals surface area contributed by atoms with E-state index in [1.807, 2.05) is 18.2 Å². The van der Waals surface area contributed by atoms with Gasteiger partial charge >= 0.3 is 0 Å². The largest absolute Gasteiger partial charge is 0.494 e. The first-order valence-electron chi connectivity index (χ1n) is 6.70. The van der Waals surface area contributed by atoms with Gasteiger partial charge in [0.05, 0.1) is 0 Å². The Hall–Kier alpha value is -2.22. The van der Waals surface area contributed by atoms with Crippen LogP contribution in [-0.2, 0) is 19.4 Å². The van der Waals surface area contributed by atoms with E-state index < -0.39 is 0 Å². The van der Waals surface area contributed by atoms with E-state index >= 15 is 0 Å². The number of fused-ring (bicyclic) bond motifs is 4. The highest BCUT2D eigenvalue weighted by atomic mass is 16.3. The minimum absolute atomic E-state index is 0.415. The highest BCUT2D eigenvalue weighted by molar-refractivity contribution is 5.91. The predicted octanol–water partition coefficient (Wildman–Crippen LogP) is 3.49. The van der Waals surface area contributed by atoms with Crippen molar-refractivity contribution < 1.29 is 5.11 Å². The molecule has 19 heavy (non-hydrogen) atoms. The Labute approximate surface area is 111 Å². The van der Waals surface area contributed by atoms with Crippen molar-refractivity contribution in [2.45, 2.75) is 19.4 Å². The molecule has 0 spiro atoms. The monoisotopic (exact) mass is 249 g/mol. The molecule has 0 aliphatic carbocycles. The lowest BCUT2D eigenvalue weighted by Gasteiger charge is -2.05. The molecule has 3 aromatic rings. The van der Waals surface area contributed by atoms with E-state index in [1.54, 1.807) is 0 Å². The van der Waals surface area contributed by atoms with Gasteiger partial charge in [-0.3, -0.25) is 0 Å². The second-order valence-corrected chi connectivity index (χ2v) is 5.16. The van der Waals surface area contributed by atoms with Crippen LogP contribution in [0.5, 0.6) is 5.88 Å². The van der Waals surface area contributed by atoms with Crippen molar-refractivity contribution in [2.75, 3.05) is 0 Å². The third-order valence-corrected chi connectivity index (χ3v) is 4.14. The molecule has 4 rings (SSSR count). The molecule has 1 N–H and O–H groups in total. The van der Waals surface area contributed by atoms with Crippen molar-refractivity contribution in [3.8, 4) is 5.88 Å². The van der Waals surface area contributed by atoms with Gasteiger partial charge < -0.3 is 9.67 Å². The number of hydrogen-bond acceptors (Lipinski definition) is 1. The van der Waals surface area contributed by atoms with Crippen LogP contribution in [0, 0.1) is 0 Å². The van der Waals surface area contributed by atoms with Crippen LogP contribution in [0.2, 0.25) is 0 Å². The summed E-state index contributed by atoms with van der Waals surface area (Å²) in [7, 11) is 0. The fraction of sp³-hybridized carbons (Fsp3) is 0.176. The molecule has 0 saturated heterocycles. The van der Waals surface area contributed by atoms with Gasteiger partial charge in [0.15, 0.2) is 5.88 Å². The van der Waals surface area contributed by atoms with Gasteiger partial charge in [-0.2, -0.15) is 0 Å². The summed E-state index contributed by atoms with van der Waals surface area (Å²) < 4.78 is 2.07. The maximum atomic E-state index is 10.4. The quantitative estimate of drug-likeness (QED) is 0.648. The zero-order valence-corrected chi connectivity index (χ0v) is 10.6. The molecule has 2 heterocycles. The van der Waals surface area contributed by atoms with Crippen LogP contribution >= 0.6 is 0 Å². The van der Waals surface area contributed by atoms with Gasteiger partial charge in [0.1, 0.15) is 0 Å². The SMILES string of the molecule is Oc1c2ccccc2c2n1CCc1ccccc1C2. The van der Waals surface area contributed by atoms with Gasteiger partial charge in [-0.25, -0.2) is 0 Å². The Bertz CT molecular complexity index is 770. The molecule has 0 radical (unpaired) electrons. The Morgan fingerprint density at radius 2 is 1.53 bits per heavy atom. The fourth-order valence-corrected chi connectivity index (χ4v) is 3.17. The van der Waals surface area contributed by atoms with Gasteiger partial charge in [-0.15, -0.1) is 0 Å². The Kier molecular flexibility index (Phi) is 2.18. The molecule has 2 nitrogen and oxygen atoms in total. The van der Waals surface area contributed by atoms with Gasteiger partial charge in [-0.05, 0) is 23.6 Å². The lowest BCUT2D eigenvalue weighted by atomic mass is 10.0. The number of nitrogens with zero attached hydrogens (tertiary/aromatic N) is 1. The standard InChI is InChI=1S/C17H15NO/c19-17-15-8-4-3-7-14(15)16-11-13-6-2-1-5-12(13)9-10-18(16)17/h1-8,19H,9-11H2. The first-order chi connectivity index (χ1) is 9.34. The molecule has 2 heteroatoms. The number of aromatic nitrogens is 1. The molecule has 1 aliphatic rings. The minimum Gasteiger partial charge on any atom is -0.494 e. The van der Waals surface area contributed by atoms with Crippen LogP contribution < -0.4 is 0 Å². The van der Waals surface area contributed by atoms with Crippen molar-refractivity contribution in [2.24, 2.45) is 0 Å². The number of rotatable bonds is 0. The third-order valence-electron chi connectivity index (χ3n) is 4.14. The Balaban J connectivity index is 1.99. The molecular weight excluding hydrogens is 234 g/mol. The molecular formula is C17H15NO. The summed E-state index contributed by atoms with van der Waals surface area (Å²) in [6.07, 6.45) is 1.88. The Morgan fingerprint density at radius 3 is 2.37 bits per heavy atom. The summed E-state index contributed by atoms with van der Waals surface area (Å²) >= 11 is 0. The maximum Gasteiger partial charge on any atom is 0.199 e. The molecule has 0 atom stereocenters. The van der Waals surface area contributed by atoms with Crippen LogP contribution in [-0.4, -0.2) is 9.67 Å². The van der Waals surface area contributed by atoms with E-state index in [9.17, 15) is 5.11 Å². The van der Waals surface area contributed by atoms with E-state index in [2.05, 4.69) is 34.9 Å². The average molecular weight is 249 g/mol. The zero-order valence-electron chi connectivity index (χ0n) is 10.6. The number of hydrogen-bond donors (Lipinski definition) is 1. The summed E-state index contributed by atoms with van der Waals surface area (Å²) in [5.41, 5.74) is 4.01. The van der Waals surface area contributed by atoms with Crippen LogP contribution in [0.1, 0.15) is 16.8 Å². The molecule has 1 aliphatic heterocycles. The van der Waals surface area contributed by atoms with Gasteiger partial charge in [0.25, 0.3) is 0 Å². The molecule has 0 unspecified atom stereocenters. The van der Waals surface area contributed by atoms with Gasteiger partial charge in [0.2, 0.25) is 0 Å². The number of aryl methyl sites for hydroxylation is 1. The molecule has 94 valence electrons. The van der Waals surface area contributed by atoms with Crippen molar-refractivity contribution in [1.82, 2.24) is 4.57 Å². The number of benzene rings is 2. The van der Waals surface area contributed by atoms with Gasteiger partial charge in [-0.1, -0.05) is 42.5 Å². The predicted molar refractivity (Wildman–Crippen MR) is 76.6 cm³/mol. The highest BCUT2D eigenvalue weighted by Gasteiger charge is 2.19. The molecule has 0 bridgehead atoms. The maximum absolute atomic E-state index is 10.4. The van der Waals surface area contributed by atoms with Crippen molar-refractivity contribution in [3.05, 3.63) is 65.4 Å². The first kappa shape index (κ1) is 10.7. The molecule has 1 aromatic heterocycles. The van der Waals surface area contributed by atoms with Crippen LogP contribution in [0.3, 0.4) is 0 Å². The third kappa shape index (κ3) is 1.49. The molecule has 0 saturated carbocycles. The smallest absolute Gasteiger partial charge is 0.199 e. The normalized spacial score (nSPS) is 13.9. The fourth-order valence-electron chi connectivity index (χ4n) is 3.17. The summed E-state index contributed by atoms with van der Waals surface area (Å²) in [6, 6.07) is 16.7. The molecule has 0 amide bonds. The van der Waals surface area contributed by atoms with Crippen LogP contribution in [0.15, 0.2) is 48.5 Å².